The molecule has 1 atom stereocenters. The number of carbonyl (C=O) groups is 2. The molecule has 1 heterocycles. The molecule has 11 heteroatoms. The van der Waals surface area contributed by atoms with Crippen molar-refractivity contribution in [2.75, 3.05) is 36.9 Å². The standard InChI is InChI=1S/C24H30FN3O6S/c1-4-20(24(30)26-5-2)27(15-17-6-8-18(25)9-7-17)23(29)16-28(35(3,31)32)19-10-11-21-22(14-19)34-13-12-33-21/h6-11,14,20H,4-5,12-13,15-16H2,1-3H3,(H,26,30). The normalized spacial score (nSPS) is 13.6. The number of anilines is 1. The van der Waals surface area contributed by atoms with E-state index in [1.54, 1.807) is 19.9 Å². The number of hydrogen-bond acceptors (Lipinski definition) is 6. The first-order chi connectivity index (χ1) is 16.6. The number of hydrogen-bond donors (Lipinski definition) is 1. The van der Waals surface area contributed by atoms with Crippen LogP contribution in [0, 0.1) is 5.82 Å². The molecule has 0 aliphatic carbocycles. The predicted octanol–water partition coefficient (Wildman–Crippen LogP) is 2.31. The second kappa shape index (κ2) is 11.4. The van der Waals surface area contributed by atoms with E-state index in [0.717, 1.165) is 10.6 Å². The molecule has 190 valence electrons. The number of halogens is 1. The van der Waals surface area contributed by atoms with Gasteiger partial charge >= 0.3 is 0 Å². The van der Waals surface area contributed by atoms with Crippen LogP contribution in [-0.4, -0.2) is 63.7 Å². The molecule has 1 N–H and O–H groups in total. The average Bonchev–Trinajstić information content (AvgIpc) is 2.82. The zero-order valence-electron chi connectivity index (χ0n) is 20.0. The Morgan fingerprint density at radius 2 is 1.71 bits per heavy atom. The summed E-state index contributed by atoms with van der Waals surface area (Å²) in [4.78, 5) is 27.6. The molecule has 0 saturated carbocycles. The van der Waals surface area contributed by atoms with Gasteiger partial charge in [0.05, 0.1) is 11.9 Å². The second-order valence-electron chi connectivity index (χ2n) is 8.06. The molecule has 0 aromatic heterocycles. The van der Waals surface area contributed by atoms with Crippen LogP contribution in [0.3, 0.4) is 0 Å². The van der Waals surface area contributed by atoms with Crippen LogP contribution in [0.5, 0.6) is 11.5 Å². The largest absolute Gasteiger partial charge is 0.486 e. The van der Waals surface area contributed by atoms with E-state index in [2.05, 4.69) is 5.32 Å². The van der Waals surface area contributed by atoms with Crippen LogP contribution < -0.4 is 19.1 Å². The van der Waals surface area contributed by atoms with Gasteiger partial charge < -0.3 is 19.7 Å². The molecule has 1 aliphatic heterocycles. The summed E-state index contributed by atoms with van der Waals surface area (Å²) in [5.41, 5.74) is 0.839. The Kier molecular flexibility index (Phi) is 8.55. The lowest BCUT2D eigenvalue weighted by Gasteiger charge is -2.33. The van der Waals surface area contributed by atoms with Crippen LogP contribution >= 0.6 is 0 Å². The van der Waals surface area contributed by atoms with Crippen molar-refractivity contribution in [3.8, 4) is 11.5 Å². The Balaban J connectivity index is 1.94. The van der Waals surface area contributed by atoms with E-state index in [1.165, 1.54) is 41.3 Å². The second-order valence-corrected chi connectivity index (χ2v) is 9.97. The molecule has 0 saturated heterocycles. The highest BCUT2D eigenvalue weighted by Gasteiger charge is 2.32. The number of nitrogens with one attached hydrogen (secondary N) is 1. The minimum absolute atomic E-state index is 0.00744. The van der Waals surface area contributed by atoms with Gasteiger partial charge in [0.1, 0.15) is 31.6 Å². The molecule has 1 unspecified atom stereocenters. The van der Waals surface area contributed by atoms with E-state index in [1.807, 2.05) is 0 Å². The first-order valence-electron chi connectivity index (χ1n) is 11.3. The highest BCUT2D eigenvalue weighted by molar-refractivity contribution is 7.92. The first-order valence-corrected chi connectivity index (χ1v) is 13.2. The molecule has 2 aromatic carbocycles. The van der Waals surface area contributed by atoms with Crippen LogP contribution in [0.4, 0.5) is 10.1 Å². The van der Waals surface area contributed by atoms with E-state index < -0.39 is 34.3 Å². The molecule has 2 aromatic rings. The van der Waals surface area contributed by atoms with Gasteiger partial charge in [0.2, 0.25) is 21.8 Å². The summed E-state index contributed by atoms with van der Waals surface area (Å²) in [5, 5.41) is 2.72. The average molecular weight is 508 g/mol. The van der Waals surface area contributed by atoms with Gasteiger partial charge in [-0.05, 0) is 43.2 Å². The van der Waals surface area contributed by atoms with Gasteiger partial charge in [-0.2, -0.15) is 0 Å². The van der Waals surface area contributed by atoms with Gasteiger partial charge in [-0.1, -0.05) is 19.1 Å². The summed E-state index contributed by atoms with van der Waals surface area (Å²) in [6.07, 6.45) is 1.31. The third kappa shape index (κ3) is 6.62. The molecule has 3 rings (SSSR count). The number of benzene rings is 2. The number of fused-ring (bicyclic) bond motifs is 1. The van der Waals surface area contributed by atoms with E-state index in [9.17, 15) is 22.4 Å². The van der Waals surface area contributed by atoms with E-state index in [0.29, 0.717) is 43.2 Å². The van der Waals surface area contributed by atoms with Crippen molar-refractivity contribution >= 4 is 27.5 Å². The number of sulfonamides is 1. The van der Waals surface area contributed by atoms with E-state index in [4.69, 9.17) is 9.47 Å². The Morgan fingerprint density at radius 1 is 1.06 bits per heavy atom. The monoisotopic (exact) mass is 507 g/mol. The number of nitrogens with zero attached hydrogens (tertiary/aromatic N) is 2. The lowest BCUT2D eigenvalue weighted by molar-refractivity contribution is -0.140. The minimum atomic E-state index is -3.88. The van der Waals surface area contributed by atoms with E-state index >= 15 is 0 Å². The van der Waals surface area contributed by atoms with E-state index in [-0.39, 0.29) is 18.1 Å². The van der Waals surface area contributed by atoms with Crippen LogP contribution in [0.1, 0.15) is 25.8 Å². The molecule has 0 bridgehead atoms. The Morgan fingerprint density at radius 3 is 2.31 bits per heavy atom. The Bertz CT molecular complexity index is 1160. The first kappa shape index (κ1) is 26.3. The van der Waals surface area contributed by atoms with Crippen molar-refractivity contribution in [2.45, 2.75) is 32.9 Å². The van der Waals surface area contributed by atoms with Crippen molar-refractivity contribution < 1.29 is 31.9 Å². The number of rotatable bonds is 10. The maximum absolute atomic E-state index is 13.6. The topological polar surface area (TPSA) is 105 Å². The highest BCUT2D eigenvalue weighted by atomic mass is 32.2. The Labute approximate surface area is 204 Å². The number of amides is 2. The van der Waals surface area contributed by atoms with Gasteiger partial charge in [-0.3, -0.25) is 13.9 Å². The molecule has 9 nitrogen and oxygen atoms in total. The number of ether oxygens (including phenoxy) is 2. The minimum Gasteiger partial charge on any atom is -0.486 e. The molecule has 0 radical (unpaired) electrons. The van der Waals surface area contributed by atoms with Crippen molar-refractivity contribution in [3.05, 3.63) is 53.8 Å². The molecule has 0 fully saturated rings. The van der Waals surface area contributed by atoms with Crippen LogP contribution in [-0.2, 0) is 26.2 Å². The third-order valence-corrected chi connectivity index (χ3v) is 6.64. The van der Waals surface area contributed by atoms with Gasteiger partial charge in [0.15, 0.2) is 11.5 Å². The quantitative estimate of drug-likeness (QED) is 0.529. The third-order valence-electron chi connectivity index (χ3n) is 5.50. The van der Waals surface area contributed by atoms with Gasteiger partial charge in [-0.15, -0.1) is 0 Å². The highest BCUT2D eigenvalue weighted by Crippen LogP contribution is 2.34. The fraction of sp³-hybridized carbons (Fsp3) is 0.417. The van der Waals surface area contributed by atoms with Crippen molar-refractivity contribution in [2.24, 2.45) is 0 Å². The zero-order chi connectivity index (χ0) is 25.6. The Hall–Kier alpha value is -3.34. The lowest BCUT2D eigenvalue weighted by atomic mass is 10.1. The van der Waals surface area contributed by atoms with Crippen LogP contribution in [0.2, 0.25) is 0 Å². The fourth-order valence-corrected chi connectivity index (χ4v) is 4.64. The number of carbonyl (C=O) groups excluding carboxylic acids is 2. The molecular weight excluding hydrogens is 477 g/mol. The maximum Gasteiger partial charge on any atom is 0.244 e. The maximum atomic E-state index is 13.6. The fourth-order valence-electron chi connectivity index (χ4n) is 3.80. The molecular formula is C24H30FN3O6S. The summed E-state index contributed by atoms with van der Waals surface area (Å²) in [7, 11) is -3.88. The zero-order valence-corrected chi connectivity index (χ0v) is 20.8. The summed E-state index contributed by atoms with van der Waals surface area (Å²) < 4.78 is 50.8. The molecule has 0 spiro atoms. The smallest absolute Gasteiger partial charge is 0.244 e. The molecule has 2 amide bonds. The predicted molar refractivity (Wildman–Crippen MR) is 129 cm³/mol. The summed E-state index contributed by atoms with van der Waals surface area (Å²) in [6.45, 7) is 4.09. The van der Waals surface area contributed by atoms with Crippen LogP contribution in [0.15, 0.2) is 42.5 Å². The lowest BCUT2D eigenvalue weighted by Crippen LogP contribution is -2.52. The van der Waals surface area contributed by atoms with Crippen molar-refractivity contribution in [1.82, 2.24) is 10.2 Å². The van der Waals surface area contributed by atoms with Gasteiger partial charge in [-0.25, -0.2) is 12.8 Å². The van der Waals surface area contributed by atoms with Crippen LogP contribution in [0.25, 0.3) is 0 Å². The van der Waals surface area contributed by atoms with Gasteiger partial charge in [0.25, 0.3) is 0 Å². The summed E-state index contributed by atoms with van der Waals surface area (Å²) >= 11 is 0. The number of likely N-dealkylation sites (N-methyl/N-ethyl adjacent to an activating group) is 1. The molecule has 35 heavy (non-hydrogen) atoms. The summed E-state index contributed by atoms with van der Waals surface area (Å²) in [5.74, 6) is -0.487. The SMILES string of the molecule is CCNC(=O)C(CC)N(Cc1ccc(F)cc1)C(=O)CN(c1ccc2c(c1)OCCO2)S(C)(=O)=O. The summed E-state index contributed by atoms with van der Waals surface area (Å²) in [6, 6.07) is 9.37. The molecule has 1 aliphatic rings. The van der Waals surface area contributed by atoms with Crippen molar-refractivity contribution in [3.63, 3.8) is 0 Å². The van der Waals surface area contributed by atoms with Crippen molar-refractivity contribution in [1.29, 1.82) is 0 Å². The van der Waals surface area contributed by atoms with Gasteiger partial charge in [0, 0.05) is 19.2 Å².